The lowest BCUT2D eigenvalue weighted by Crippen LogP contribution is -2.36. The van der Waals surface area contributed by atoms with E-state index in [1.54, 1.807) is 29.2 Å². The number of nitrogens with zero attached hydrogens (tertiary/aromatic N) is 3. The first kappa shape index (κ1) is 13.1. The summed E-state index contributed by atoms with van der Waals surface area (Å²) in [4.78, 5) is 15.9. The monoisotopic (exact) mass is 259 g/mol. The van der Waals surface area contributed by atoms with Crippen LogP contribution in [0.5, 0.6) is 0 Å². The molecule has 2 aromatic heterocycles. The van der Waals surface area contributed by atoms with Crippen LogP contribution in [0.3, 0.4) is 0 Å². The average molecular weight is 259 g/mol. The van der Waals surface area contributed by atoms with Crippen LogP contribution in [0.15, 0.2) is 36.8 Å². The van der Waals surface area contributed by atoms with Crippen LogP contribution >= 0.6 is 0 Å². The minimum absolute atomic E-state index is 0.0150. The topological polar surface area (TPSA) is 85.8 Å². The predicted molar refractivity (Wildman–Crippen MR) is 72.2 cm³/mol. The van der Waals surface area contributed by atoms with Crippen LogP contribution in [0.25, 0.3) is 0 Å². The van der Waals surface area contributed by atoms with Crippen molar-refractivity contribution in [3.63, 3.8) is 0 Å². The Morgan fingerprint density at radius 2 is 2.37 bits per heavy atom. The number of carbonyl (C=O) groups is 1. The summed E-state index contributed by atoms with van der Waals surface area (Å²) in [6.07, 6.45) is 5.39. The minimum Gasteiger partial charge on any atom is -0.397 e. The maximum Gasteiger partial charge on any atom is 0.226 e. The summed E-state index contributed by atoms with van der Waals surface area (Å²) in [5, 5.41) is 7.01. The van der Waals surface area contributed by atoms with Crippen molar-refractivity contribution in [2.45, 2.75) is 25.9 Å². The van der Waals surface area contributed by atoms with Gasteiger partial charge in [-0.1, -0.05) is 0 Å². The molecule has 0 aliphatic rings. The molecule has 19 heavy (non-hydrogen) atoms. The number of aromatic nitrogens is 3. The zero-order chi connectivity index (χ0) is 13.7. The number of rotatable bonds is 5. The minimum atomic E-state index is -0.0584. The fourth-order valence-corrected chi connectivity index (χ4v) is 1.77. The van der Waals surface area contributed by atoms with Gasteiger partial charge in [0.1, 0.15) is 0 Å². The van der Waals surface area contributed by atoms with Gasteiger partial charge in [0.05, 0.1) is 24.8 Å². The second-order valence-electron chi connectivity index (χ2n) is 4.46. The first-order valence-electron chi connectivity index (χ1n) is 6.10. The summed E-state index contributed by atoms with van der Waals surface area (Å²) in [6, 6.07) is 5.36. The molecule has 2 rings (SSSR count). The summed E-state index contributed by atoms with van der Waals surface area (Å²) in [7, 11) is 0. The van der Waals surface area contributed by atoms with Crippen LogP contribution in [0, 0.1) is 0 Å². The van der Waals surface area contributed by atoms with Crippen LogP contribution in [-0.4, -0.2) is 26.7 Å². The van der Waals surface area contributed by atoms with E-state index in [-0.39, 0.29) is 18.4 Å². The SMILES string of the molecule is CC(Cn1cccn1)NC(=O)Cc1ccc(N)cn1. The number of carbonyl (C=O) groups excluding carboxylic acids is 1. The molecule has 0 radical (unpaired) electrons. The van der Waals surface area contributed by atoms with Gasteiger partial charge in [-0.2, -0.15) is 5.10 Å². The highest BCUT2D eigenvalue weighted by Crippen LogP contribution is 2.02. The summed E-state index contributed by atoms with van der Waals surface area (Å²) in [5.74, 6) is -0.0584. The van der Waals surface area contributed by atoms with Crippen LogP contribution in [0.4, 0.5) is 5.69 Å². The smallest absolute Gasteiger partial charge is 0.226 e. The number of pyridine rings is 1. The molecule has 0 aliphatic carbocycles. The van der Waals surface area contributed by atoms with E-state index in [9.17, 15) is 4.79 Å². The fraction of sp³-hybridized carbons (Fsp3) is 0.308. The van der Waals surface area contributed by atoms with Crippen molar-refractivity contribution < 1.29 is 4.79 Å². The van der Waals surface area contributed by atoms with Crippen molar-refractivity contribution >= 4 is 11.6 Å². The number of nitrogens with one attached hydrogen (secondary N) is 1. The van der Waals surface area contributed by atoms with Crippen molar-refractivity contribution in [3.8, 4) is 0 Å². The number of anilines is 1. The van der Waals surface area contributed by atoms with Gasteiger partial charge >= 0.3 is 0 Å². The zero-order valence-electron chi connectivity index (χ0n) is 10.8. The van der Waals surface area contributed by atoms with Gasteiger partial charge in [0.2, 0.25) is 5.91 Å². The fourth-order valence-electron chi connectivity index (χ4n) is 1.77. The Balaban J connectivity index is 1.82. The van der Waals surface area contributed by atoms with Gasteiger partial charge in [-0.3, -0.25) is 14.5 Å². The van der Waals surface area contributed by atoms with Gasteiger partial charge in [-0.05, 0) is 25.1 Å². The maximum absolute atomic E-state index is 11.8. The Bertz CT molecular complexity index is 520. The molecule has 0 saturated carbocycles. The molecule has 0 aromatic carbocycles. The molecular weight excluding hydrogens is 242 g/mol. The van der Waals surface area contributed by atoms with Crippen molar-refractivity contribution in [2.24, 2.45) is 0 Å². The molecule has 0 bridgehead atoms. The number of amides is 1. The Labute approximate surface area is 111 Å². The molecule has 0 saturated heterocycles. The maximum atomic E-state index is 11.8. The Morgan fingerprint density at radius 1 is 1.53 bits per heavy atom. The first-order chi connectivity index (χ1) is 9.13. The van der Waals surface area contributed by atoms with Gasteiger partial charge in [0.15, 0.2) is 0 Å². The highest BCUT2D eigenvalue weighted by molar-refractivity contribution is 5.78. The molecule has 0 aliphatic heterocycles. The highest BCUT2D eigenvalue weighted by Gasteiger charge is 2.09. The molecule has 2 aromatic rings. The zero-order valence-corrected chi connectivity index (χ0v) is 10.8. The third-order valence-corrected chi connectivity index (χ3v) is 2.62. The van der Waals surface area contributed by atoms with Crippen molar-refractivity contribution in [3.05, 3.63) is 42.5 Å². The van der Waals surface area contributed by atoms with E-state index in [0.29, 0.717) is 17.9 Å². The third-order valence-electron chi connectivity index (χ3n) is 2.62. The Hall–Kier alpha value is -2.37. The molecule has 2 heterocycles. The van der Waals surface area contributed by atoms with Crippen LogP contribution in [-0.2, 0) is 17.8 Å². The lowest BCUT2D eigenvalue weighted by atomic mass is 10.2. The summed E-state index contributed by atoms with van der Waals surface area (Å²) in [5.41, 5.74) is 6.84. The van der Waals surface area contributed by atoms with E-state index in [1.807, 2.05) is 19.2 Å². The van der Waals surface area contributed by atoms with Gasteiger partial charge in [-0.15, -0.1) is 0 Å². The van der Waals surface area contributed by atoms with Crippen LogP contribution in [0.1, 0.15) is 12.6 Å². The van der Waals surface area contributed by atoms with Crippen molar-refractivity contribution in [1.29, 1.82) is 0 Å². The van der Waals surface area contributed by atoms with Crippen molar-refractivity contribution in [1.82, 2.24) is 20.1 Å². The average Bonchev–Trinajstić information content (AvgIpc) is 2.84. The van der Waals surface area contributed by atoms with Gasteiger partial charge < -0.3 is 11.1 Å². The number of hydrogen-bond acceptors (Lipinski definition) is 4. The van der Waals surface area contributed by atoms with Crippen LogP contribution < -0.4 is 11.1 Å². The second kappa shape index (κ2) is 5.99. The number of hydrogen-bond donors (Lipinski definition) is 2. The lowest BCUT2D eigenvalue weighted by molar-refractivity contribution is -0.121. The van der Waals surface area contributed by atoms with E-state index in [1.165, 1.54) is 0 Å². The molecule has 1 atom stereocenters. The van der Waals surface area contributed by atoms with Crippen LogP contribution in [0.2, 0.25) is 0 Å². The van der Waals surface area contributed by atoms with E-state index in [0.717, 1.165) is 0 Å². The Kier molecular flexibility index (Phi) is 4.12. The Morgan fingerprint density at radius 3 is 3.00 bits per heavy atom. The molecule has 6 nitrogen and oxygen atoms in total. The molecule has 3 N–H and O–H groups in total. The van der Waals surface area contributed by atoms with Gasteiger partial charge in [-0.25, -0.2) is 0 Å². The summed E-state index contributed by atoms with van der Waals surface area (Å²) >= 11 is 0. The summed E-state index contributed by atoms with van der Waals surface area (Å²) in [6.45, 7) is 2.59. The van der Waals surface area contributed by atoms with E-state index >= 15 is 0 Å². The number of nitrogens with two attached hydrogens (primary N) is 1. The first-order valence-corrected chi connectivity index (χ1v) is 6.10. The molecule has 0 spiro atoms. The van der Waals surface area contributed by atoms with Crippen molar-refractivity contribution in [2.75, 3.05) is 5.73 Å². The standard InChI is InChI=1S/C13H17N5O/c1-10(9-18-6-2-5-16-18)17-13(19)7-12-4-3-11(14)8-15-12/h2-6,8,10H,7,9,14H2,1H3,(H,17,19). The quantitative estimate of drug-likeness (QED) is 0.823. The molecule has 1 unspecified atom stereocenters. The molecule has 100 valence electrons. The molecule has 1 amide bonds. The molecule has 6 heteroatoms. The predicted octanol–water partition coefficient (Wildman–Crippen LogP) is 0.608. The van der Waals surface area contributed by atoms with E-state index in [4.69, 9.17) is 5.73 Å². The lowest BCUT2D eigenvalue weighted by Gasteiger charge is -2.13. The molecule has 0 fully saturated rings. The third kappa shape index (κ3) is 4.09. The largest absolute Gasteiger partial charge is 0.397 e. The normalized spacial score (nSPS) is 12.1. The van der Waals surface area contributed by atoms with E-state index in [2.05, 4.69) is 15.4 Å². The van der Waals surface area contributed by atoms with Gasteiger partial charge in [0, 0.05) is 24.1 Å². The van der Waals surface area contributed by atoms with Gasteiger partial charge in [0.25, 0.3) is 0 Å². The number of nitrogen functional groups attached to an aromatic ring is 1. The highest BCUT2D eigenvalue weighted by atomic mass is 16.1. The molecular formula is C13H17N5O. The second-order valence-corrected chi connectivity index (χ2v) is 4.46. The van der Waals surface area contributed by atoms with E-state index < -0.39 is 0 Å². The summed E-state index contributed by atoms with van der Waals surface area (Å²) < 4.78 is 1.78.